The number of carbonyl (C=O) groups is 3. The van der Waals surface area contributed by atoms with Gasteiger partial charge in [-0.25, -0.2) is 4.39 Å². The van der Waals surface area contributed by atoms with E-state index in [1.54, 1.807) is 14.1 Å². The molecular weight excluding hydrogens is 307 g/mol. The van der Waals surface area contributed by atoms with Gasteiger partial charge in [0, 0.05) is 14.1 Å². The number of amides is 2. The number of hydrogen-bond donors (Lipinski definition) is 1. The third kappa shape index (κ3) is 6.33. The van der Waals surface area contributed by atoms with Crippen molar-refractivity contribution in [1.82, 2.24) is 10.2 Å². The van der Waals surface area contributed by atoms with Gasteiger partial charge in [-0.3, -0.25) is 14.4 Å². The van der Waals surface area contributed by atoms with E-state index in [1.165, 1.54) is 24.1 Å². The number of carbonyl (C=O) groups excluding carboxylic acids is 3. The van der Waals surface area contributed by atoms with Gasteiger partial charge in [0.2, 0.25) is 5.91 Å². The Bertz CT molecular complexity index is 589. The van der Waals surface area contributed by atoms with Gasteiger partial charge in [-0.2, -0.15) is 0 Å². The molecule has 1 aromatic rings. The zero-order valence-corrected chi connectivity index (χ0v) is 13.2. The minimum Gasteiger partial charge on any atom is -0.494 e. The second-order valence-electron chi connectivity index (χ2n) is 4.87. The van der Waals surface area contributed by atoms with Crippen LogP contribution in [0, 0.1) is 5.82 Å². The molecule has 23 heavy (non-hydrogen) atoms. The van der Waals surface area contributed by atoms with Crippen molar-refractivity contribution in [2.24, 2.45) is 0 Å². The molecular formula is C15H19FN2O5. The van der Waals surface area contributed by atoms with E-state index in [0.717, 1.165) is 6.07 Å². The van der Waals surface area contributed by atoms with E-state index in [9.17, 15) is 18.8 Å². The quantitative estimate of drug-likeness (QED) is 0.720. The van der Waals surface area contributed by atoms with Crippen LogP contribution in [0.4, 0.5) is 4.39 Å². The first kappa shape index (κ1) is 18.4. The zero-order valence-electron chi connectivity index (χ0n) is 13.2. The minimum atomic E-state index is -0.677. The average molecular weight is 326 g/mol. The number of ether oxygens (including phenoxy) is 2. The van der Waals surface area contributed by atoms with E-state index in [-0.39, 0.29) is 24.6 Å². The van der Waals surface area contributed by atoms with Gasteiger partial charge in [-0.15, -0.1) is 0 Å². The monoisotopic (exact) mass is 326 g/mol. The van der Waals surface area contributed by atoms with E-state index < -0.39 is 24.3 Å². The third-order valence-corrected chi connectivity index (χ3v) is 2.86. The van der Waals surface area contributed by atoms with E-state index in [2.05, 4.69) is 5.32 Å². The van der Waals surface area contributed by atoms with Crippen molar-refractivity contribution in [3.05, 3.63) is 29.6 Å². The van der Waals surface area contributed by atoms with Crippen LogP contribution in [0.5, 0.6) is 5.75 Å². The summed E-state index contributed by atoms with van der Waals surface area (Å²) in [5, 5.41) is 2.32. The van der Waals surface area contributed by atoms with Gasteiger partial charge in [0.15, 0.2) is 18.2 Å². The third-order valence-electron chi connectivity index (χ3n) is 2.86. The number of esters is 1. The first-order valence-electron chi connectivity index (χ1n) is 6.78. The Labute approximate surface area is 133 Å². The van der Waals surface area contributed by atoms with Crippen molar-refractivity contribution in [1.29, 1.82) is 0 Å². The molecule has 1 rings (SSSR count). The number of likely N-dealkylation sites (N-methyl/N-ethyl adjacent to an activating group) is 1. The van der Waals surface area contributed by atoms with Crippen LogP contribution in [0.2, 0.25) is 0 Å². The molecule has 0 fully saturated rings. The van der Waals surface area contributed by atoms with Gasteiger partial charge in [0.1, 0.15) is 0 Å². The Morgan fingerprint density at radius 2 is 1.96 bits per heavy atom. The molecule has 0 bridgehead atoms. The van der Waals surface area contributed by atoms with Gasteiger partial charge in [-0.05, 0) is 17.7 Å². The lowest BCUT2D eigenvalue weighted by Gasteiger charge is -2.11. The summed E-state index contributed by atoms with van der Waals surface area (Å²) in [4.78, 5) is 35.6. The van der Waals surface area contributed by atoms with Gasteiger partial charge < -0.3 is 19.7 Å². The van der Waals surface area contributed by atoms with Crippen molar-refractivity contribution < 1.29 is 28.2 Å². The van der Waals surface area contributed by atoms with Crippen LogP contribution in [-0.2, 0) is 25.5 Å². The fraction of sp³-hybridized carbons (Fsp3) is 0.400. The second kappa shape index (κ2) is 8.72. The van der Waals surface area contributed by atoms with Crippen LogP contribution in [-0.4, -0.2) is 57.0 Å². The van der Waals surface area contributed by atoms with E-state index >= 15 is 0 Å². The number of halogens is 1. The van der Waals surface area contributed by atoms with E-state index in [4.69, 9.17) is 9.47 Å². The van der Waals surface area contributed by atoms with Gasteiger partial charge in [-0.1, -0.05) is 6.07 Å². The average Bonchev–Trinajstić information content (AvgIpc) is 2.50. The molecule has 0 aliphatic carbocycles. The SMILES string of the molecule is COc1ccc(CC(=O)OCC(=O)NCC(=O)N(C)C)cc1F. The molecule has 0 aliphatic rings. The fourth-order valence-electron chi connectivity index (χ4n) is 1.57. The first-order chi connectivity index (χ1) is 10.8. The molecule has 0 spiro atoms. The lowest BCUT2D eigenvalue weighted by molar-refractivity contribution is -0.148. The number of rotatable bonds is 7. The van der Waals surface area contributed by atoms with Crippen molar-refractivity contribution in [3.63, 3.8) is 0 Å². The Kier molecular flexibility index (Phi) is 6.98. The van der Waals surface area contributed by atoms with Gasteiger partial charge in [0.05, 0.1) is 20.1 Å². The Morgan fingerprint density at radius 3 is 2.52 bits per heavy atom. The van der Waals surface area contributed by atoms with Crippen molar-refractivity contribution in [2.75, 3.05) is 34.4 Å². The highest BCUT2D eigenvalue weighted by atomic mass is 19.1. The molecule has 126 valence electrons. The molecule has 7 nitrogen and oxygen atoms in total. The Balaban J connectivity index is 2.38. The largest absolute Gasteiger partial charge is 0.494 e. The van der Waals surface area contributed by atoms with Crippen LogP contribution < -0.4 is 10.1 Å². The van der Waals surface area contributed by atoms with E-state index in [0.29, 0.717) is 5.56 Å². The van der Waals surface area contributed by atoms with Crippen LogP contribution >= 0.6 is 0 Å². The molecule has 0 radical (unpaired) electrons. The summed E-state index contributed by atoms with van der Waals surface area (Å²) in [6.45, 7) is -0.675. The molecule has 0 unspecified atom stereocenters. The maximum Gasteiger partial charge on any atom is 0.310 e. The number of nitrogens with one attached hydrogen (secondary N) is 1. The molecule has 0 saturated carbocycles. The number of methoxy groups -OCH3 is 1. The molecule has 0 heterocycles. The van der Waals surface area contributed by atoms with Crippen LogP contribution in [0.1, 0.15) is 5.56 Å². The zero-order chi connectivity index (χ0) is 17.4. The summed E-state index contributed by atoms with van der Waals surface area (Å²) < 4.78 is 23.0. The molecule has 2 amide bonds. The lowest BCUT2D eigenvalue weighted by atomic mass is 10.1. The summed E-state index contributed by atoms with van der Waals surface area (Å²) in [7, 11) is 4.46. The predicted octanol–water partition coefficient (Wildman–Crippen LogP) is 0.124. The van der Waals surface area contributed by atoms with Crippen LogP contribution in [0.3, 0.4) is 0 Å². The molecule has 0 atom stereocenters. The second-order valence-corrected chi connectivity index (χ2v) is 4.87. The molecule has 0 aliphatic heterocycles. The fourth-order valence-corrected chi connectivity index (χ4v) is 1.57. The maximum atomic E-state index is 13.5. The summed E-state index contributed by atoms with van der Waals surface area (Å²) >= 11 is 0. The number of benzene rings is 1. The van der Waals surface area contributed by atoms with E-state index in [1.807, 2.05) is 0 Å². The number of hydrogen-bond acceptors (Lipinski definition) is 5. The van der Waals surface area contributed by atoms with Crippen LogP contribution in [0.15, 0.2) is 18.2 Å². The van der Waals surface area contributed by atoms with Crippen molar-refractivity contribution in [3.8, 4) is 5.75 Å². The highest BCUT2D eigenvalue weighted by Gasteiger charge is 2.12. The molecule has 0 aromatic heterocycles. The Hall–Kier alpha value is -2.64. The van der Waals surface area contributed by atoms with Gasteiger partial charge >= 0.3 is 5.97 Å². The molecule has 8 heteroatoms. The van der Waals surface area contributed by atoms with Crippen molar-refractivity contribution >= 4 is 17.8 Å². The topological polar surface area (TPSA) is 84.9 Å². The molecule has 1 aromatic carbocycles. The Morgan fingerprint density at radius 1 is 1.26 bits per heavy atom. The van der Waals surface area contributed by atoms with Gasteiger partial charge in [0.25, 0.3) is 5.91 Å². The highest BCUT2D eigenvalue weighted by molar-refractivity contribution is 5.86. The van der Waals surface area contributed by atoms with Crippen LogP contribution in [0.25, 0.3) is 0 Å². The standard InChI is InChI=1S/C15H19FN2O5/c1-18(2)14(20)8-17-13(19)9-23-15(21)7-10-4-5-12(22-3)11(16)6-10/h4-6H,7-9H2,1-3H3,(H,17,19). The minimum absolute atomic E-state index is 0.0760. The summed E-state index contributed by atoms with van der Waals surface area (Å²) in [5.74, 6) is -2.05. The summed E-state index contributed by atoms with van der Waals surface area (Å²) in [5.41, 5.74) is 0.400. The predicted molar refractivity (Wildman–Crippen MR) is 79.3 cm³/mol. The molecule has 1 N–H and O–H groups in total. The summed E-state index contributed by atoms with van der Waals surface area (Å²) in [6.07, 6.45) is -0.176. The van der Waals surface area contributed by atoms with Crippen molar-refractivity contribution in [2.45, 2.75) is 6.42 Å². The first-order valence-corrected chi connectivity index (χ1v) is 6.78. The highest BCUT2D eigenvalue weighted by Crippen LogP contribution is 2.18. The normalized spacial score (nSPS) is 9.91. The maximum absolute atomic E-state index is 13.5. The summed E-state index contributed by atoms with van der Waals surface area (Å²) in [6, 6.07) is 4.09. The molecule has 0 saturated heterocycles. The smallest absolute Gasteiger partial charge is 0.310 e. The lowest BCUT2D eigenvalue weighted by Crippen LogP contribution is -2.38. The number of nitrogens with zero attached hydrogens (tertiary/aromatic N) is 1.